The molecule has 0 fully saturated rings. The monoisotopic (exact) mass is 237 g/mol. The van der Waals surface area contributed by atoms with E-state index in [1.807, 2.05) is 7.05 Å². The number of aryl methyl sites for hydroxylation is 2. The fourth-order valence-electron chi connectivity index (χ4n) is 1.92. The van der Waals surface area contributed by atoms with Gasteiger partial charge in [0.05, 0.1) is 6.61 Å². The van der Waals surface area contributed by atoms with Gasteiger partial charge >= 0.3 is 0 Å². The van der Waals surface area contributed by atoms with Gasteiger partial charge in [0.1, 0.15) is 5.82 Å². The number of ether oxygens (including phenoxy) is 1. The number of hydrogen-bond acceptors (Lipinski definition) is 4. The molecule has 0 saturated heterocycles. The summed E-state index contributed by atoms with van der Waals surface area (Å²) in [5.41, 5.74) is 3.51. The van der Waals surface area contributed by atoms with Crippen LogP contribution in [0, 0.1) is 13.8 Å². The zero-order valence-electron chi connectivity index (χ0n) is 11.3. The average Bonchev–Trinajstić information content (AvgIpc) is 2.30. The van der Waals surface area contributed by atoms with Crippen molar-refractivity contribution in [3.05, 3.63) is 22.8 Å². The van der Waals surface area contributed by atoms with E-state index in [0.29, 0.717) is 6.61 Å². The van der Waals surface area contributed by atoms with Gasteiger partial charge in [-0.2, -0.15) is 0 Å². The normalized spacial score (nSPS) is 10.8. The lowest BCUT2D eigenvalue weighted by molar-refractivity contribution is 0.200. The van der Waals surface area contributed by atoms with Crippen LogP contribution in [-0.2, 0) is 17.6 Å². The predicted molar refractivity (Wildman–Crippen MR) is 69.3 cm³/mol. The van der Waals surface area contributed by atoms with Crippen LogP contribution in [-0.4, -0.2) is 37.3 Å². The molecule has 0 amide bonds. The molecule has 1 rings (SSSR count). The van der Waals surface area contributed by atoms with Crippen molar-refractivity contribution in [2.45, 2.75) is 33.1 Å². The molecule has 0 saturated carbocycles. The first kappa shape index (κ1) is 14.1. The molecule has 1 aromatic rings. The largest absolute Gasteiger partial charge is 0.384 e. The lowest BCUT2D eigenvalue weighted by Gasteiger charge is -2.10. The molecule has 1 heterocycles. The summed E-state index contributed by atoms with van der Waals surface area (Å²) in [4.78, 5) is 9.08. The van der Waals surface area contributed by atoms with Crippen LogP contribution in [0.3, 0.4) is 0 Å². The first-order valence-electron chi connectivity index (χ1n) is 6.15. The molecule has 0 bridgehead atoms. The van der Waals surface area contributed by atoms with E-state index in [1.165, 1.54) is 5.56 Å². The van der Waals surface area contributed by atoms with E-state index in [-0.39, 0.29) is 0 Å². The molecule has 0 aliphatic heterocycles. The Kier molecular flexibility index (Phi) is 6.08. The molecule has 4 heteroatoms. The Morgan fingerprint density at radius 1 is 1.12 bits per heavy atom. The van der Waals surface area contributed by atoms with Crippen LogP contribution >= 0.6 is 0 Å². The Hall–Kier alpha value is -1.00. The van der Waals surface area contributed by atoms with Gasteiger partial charge in [-0.05, 0) is 45.8 Å². The number of hydrogen-bond donors (Lipinski definition) is 1. The van der Waals surface area contributed by atoms with Crippen molar-refractivity contribution in [2.75, 3.05) is 27.3 Å². The van der Waals surface area contributed by atoms with Crippen LogP contribution < -0.4 is 5.32 Å². The third-order valence-electron chi connectivity index (χ3n) is 2.85. The molecule has 0 unspecified atom stereocenters. The molecular weight excluding hydrogens is 214 g/mol. The number of aromatic nitrogens is 2. The van der Waals surface area contributed by atoms with Gasteiger partial charge in [-0.3, -0.25) is 0 Å². The number of nitrogens with one attached hydrogen (secondary N) is 1. The van der Waals surface area contributed by atoms with E-state index >= 15 is 0 Å². The fourth-order valence-corrected chi connectivity index (χ4v) is 1.92. The number of nitrogens with zero attached hydrogens (tertiary/aromatic N) is 2. The van der Waals surface area contributed by atoms with Crippen LogP contribution in [0.1, 0.15) is 29.2 Å². The van der Waals surface area contributed by atoms with Crippen molar-refractivity contribution >= 4 is 0 Å². The van der Waals surface area contributed by atoms with Gasteiger partial charge in [0.25, 0.3) is 0 Å². The maximum atomic E-state index is 5.05. The highest BCUT2D eigenvalue weighted by Crippen LogP contribution is 2.12. The molecule has 17 heavy (non-hydrogen) atoms. The van der Waals surface area contributed by atoms with Gasteiger partial charge in [-0.1, -0.05) is 0 Å². The molecule has 1 N–H and O–H groups in total. The summed E-state index contributed by atoms with van der Waals surface area (Å²) in [5, 5.41) is 3.16. The van der Waals surface area contributed by atoms with E-state index in [4.69, 9.17) is 4.74 Å². The highest BCUT2D eigenvalue weighted by molar-refractivity contribution is 5.24. The molecule has 96 valence electrons. The van der Waals surface area contributed by atoms with E-state index in [0.717, 1.165) is 43.0 Å². The molecule has 0 radical (unpaired) electrons. The Balaban J connectivity index is 2.72. The second-order valence-electron chi connectivity index (χ2n) is 4.24. The van der Waals surface area contributed by atoms with Gasteiger partial charge in [0, 0.05) is 24.9 Å². The summed E-state index contributed by atoms with van der Waals surface area (Å²) in [6, 6.07) is 0. The maximum absolute atomic E-state index is 5.05. The van der Waals surface area contributed by atoms with Crippen molar-refractivity contribution in [1.82, 2.24) is 15.3 Å². The second kappa shape index (κ2) is 7.35. The zero-order chi connectivity index (χ0) is 12.7. The first-order valence-corrected chi connectivity index (χ1v) is 6.15. The van der Waals surface area contributed by atoms with Crippen molar-refractivity contribution in [3.8, 4) is 0 Å². The van der Waals surface area contributed by atoms with Gasteiger partial charge in [0.2, 0.25) is 0 Å². The molecule has 0 atom stereocenters. The van der Waals surface area contributed by atoms with Crippen molar-refractivity contribution in [3.63, 3.8) is 0 Å². The fraction of sp³-hybridized carbons (Fsp3) is 0.692. The Morgan fingerprint density at radius 3 is 2.29 bits per heavy atom. The minimum atomic E-state index is 0.679. The van der Waals surface area contributed by atoms with Crippen LogP contribution in [0.2, 0.25) is 0 Å². The average molecular weight is 237 g/mol. The third-order valence-corrected chi connectivity index (χ3v) is 2.85. The first-order chi connectivity index (χ1) is 8.19. The summed E-state index contributed by atoms with van der Waals surface area (Å²) in [5.74, 6) is 0.888. The predicted octanol–water partition coefficient (Wildman–Crippen LogP) is 1.43. The zero-order valence-corrected chi connectivity index (χ0v) is 11.3. The Morgan fingerprint density at radius 2 is 1.76 bits per heavy atom. The van der Waals surface area contributed by atoms with Crippen molar-refractivity contribution in [1.29, 1.82) is 0 Å². The smallest absolute Gasteiger partial charge is 0.131 e. The van der Waals surface area contributed by atoms with Crippen LogP contribution in [0.25, 0.3) is 0 Å². The minimum Gasteiger partial charge on any atom is -0.384 e. The Labute approximate surface area is 104 Å². The van der Waals surface area contributed by atoms with E-state index in [1.54, 1.807) is 7.11 Å². The molecule has 1 aromatic heterocycles. The molecule has 4 nitrogen and oxygen atoms in total. The maximum Gasteiger partial charge on any atom is 0.131 e. The molecule has 0 aliphatic rings. The summed E-state index contributed by atoms with van der Waals surface area (Å²) in [6.45, 7) is 5.85. The molecular formula is C13H23N3O. The molecule has 0 spiro atoms. The lowest BCUT2D eigenvalue weighted by atomic mass is 10.1. The lowest BCUT2D eigenvalue weighted by Crippen LogP contribution is -2.11. The van der Waals surface area contributed by atoms with Gasteiger partial charge < -0.3 is 10.1 Å². The highest BCUT2D eigenvalue weighted by Gasteiger charge is 2.07. The summed E-state index contributed by atoms with van der Waals surface area (Å²) in [7, 11) is 3.68. The third kappa shape index (κ3) is 4.40. The van der Waals surface area contributed by atoms with Crippen molar-refractivity contribution in [2.24, 2.45) is 0 Å². The summed E-state index contributed by atoms with van der Waals surface area (Å²) in [6.07, 6.45) is 2.96. The quantitative estimate of drug-likeness (QED) is 0.729. The van der Waals surface area contributed by atoms with Crippen LogP contribution in [0.15, 0.2) is 0 Å². The summed E-state index contributed by atoms with van der Waals surface area (Å²) < 4.78 is 5.05. The number of rotatable bonds is 7. The van der Waals surface area contributed by atoms with Crippen LogP contribution in [0.4, 0.5) is 0 Å². The molecule has 0 aromatic carbocycles. The SMILES string of the molecule is CNCCCc1c(C)nc(CCOC)nc1C. The second-order valence-corrected chi connectivity index (χ2v) is 4.24. The Bertz CT molecular complexity index is 330. The summed E-state index contributed by atoms with van der Waals surface area (Å²) >= 11 is 0. The molecule has 0 aliphatic carbocycles. The van der Waals surface area contributed by atoms with E-state index in [9.17, 15) is 0 Å². The van der Waals surface area contributed by atoms with Gasteiger partial charge in [0.15, 0.2) is 0 Å². The van der Waals surface area contributed by atoms with Gasteiger partial charge in [-0.25, -0.2) is 9.97 Å². The topological polar surface area (TPSA) is 47.0 Å². The number of methoxy groups -OCH3 is 1. The van der Waals surface area contributed by atoms with E-state index in [2.05, 4.69) is 29.1 Å². The minimum absolute atomic E-state index is 0.679. The van der Waals surface area contributed by atoms with Gasteiger partial charge in [-0.15, -0.1) is 0 Å². The standard InChI is InChI=1S/C13H23N3O/c1-10-12(6-5-8-14-3)11(2)16-13(15-10)7-9-17-4/h14H,5-9H2,1-4H3. The van der Waals surface area contributed by atoms with E-state index < -0.39 is 0 Å². The van der Waals surface area contributed by atoms with Crippen LogP contribution in [0.5, 0.6) is 0 Å². The van der Waals surface area contributed by atoms with Crippen molar-refractivity contribution < 1.29 is 4.74 Å². The highest BCUT2D eigenvalue weighted by atomic mass is 16.5.